The first-order valence-corrected chi connectivity index (χ1v) is 12.8. The van der Waals surface area contributed by atoms with Crippen molar-refractivity contribution in [2.24, 2.45) is 11.8 Å². The summed E-state index contributed by atoms with van der Waals surface area (Å²) in [6.45, 7) is 4.09. The van der Waals surface area contributed by atoms with Crippen LogP contribution in [0.15, 0.2) is 6.07 Å². The van der Waals surface area contributed by atoms with E-state index in [1.54, 1.807) is 20.8 Å². The highest BCUT2D eigenvalue weighted by atomic mass is 19.3. The Bertz CT molecular complexity index is 1090. The maximum Gasteiger partial charge on any atom is 0.308 e. The molecule has 3 rings (SSSR count). The number of aliphatic hydroxyl groups is 1. The summed E-state index contributed by atoms with van der Waals surface area (Å²) in [5.74, 6) is -14.6. The van der Waals surface area contributed by atoms with Crippen LogP contribution in [0.4, 0.5) is 26.3 Å². The number of nitrogens with one attached hydrogen (secondary N) is 1. The van der Waals surface area contributed by atoms with Crippen LogP contribution in [0.3, 0.4) is 0 Å². The fourth-order valence-corrected chi connectivity index (χ4v) is 4.57. The molecule has 0 radical (unpaired) electrons. The van der Waals surface area contributed by atoms with E-state index in [2.05, 4.69) is 5.32 Å². The highest BCUT2D eigenvalue weighted by Gasteiger charge is 2.50. The van der Waals surface area contributed by atoms with Gasteiger partial charge in [0.1, 0.15) is 18.3 Å². The number of amides is 2. The van der Waals surface area contributed by atoms with Gasteiger partial charge in [-0.05, 0) is 33.6 Å². The molecule has 2 fully saturated rings. The average Bonchev–Trinajstić information content (AvgIpc) is 2.84. The maximum atomic E-state index is 13.9. The molecule has 2 N–H and O–H groups in total. The van der Waals surface area contributed by atoms with Crippen molar-refractivity contribution in [1.82, 2.24) is 10.2 Å². The van der Waals surface area contributed by atoms with Gasteiger partial charge in [-0.2, -0.15) is 8.78 Å². The van der Waals surface area contributed by atoms with Gasteiger partial charge in [-0.15, -0.1) is 0 Å². The lowest BCUT2D eigenvalue weighted by Gasteiger charge is -2.39. The van der Waals surface area contributed by atoms with Crippen LogP contribution in [0.1, 0.15) is 52.9 Å². The van der Waals surface area contributed by atoms with Crippen LogP contribution in [0.5, 0.6) is 5.75 Å². The summed E-state index contributed by atoms with van der Waals surface area (Å²) < 4.78 is 91.1. The normalized spacial score (nSPS) is 19.4. The lowest BCUT2D eigenvalue weighted by atomic mass is 9.80. The molecule has 40 heavy (non-hydrogen) atoms. The SMILES string of the molecule is CC(C)(C)OC(=O)C[C@H](NC(=O)C1CCN(C(=O)C2CC(F)(F)C2)CC1)C(O)COc1c(F)c(F)cc(F)c1F. The van der Waals surface area contributed by atoms with Crippen molar-refractivity contribution in [2.75, 3.05) is 19.7 Å². The van der Waals surface area contributed by atoms with Crippen LogP contribution in [0.25, 0.3) is 0 Å². The van der Waals surface area contributed by atoms with Crippen LogP contribution >= 0.6 is 0 Å². The second-order valence-corrected chi connectivity index (χ2v) is 11.1. The number of piperidine rings is 1. The third kappa shape index (κ3) is 8.01. The summed E-state index contributed by atoms with van der Waals surface area (Å²) in [7, 11) is 0. The third-order valence-corrected chi connectivity index (χ3v) is 6.69. The lowest BCUT2D eigenvalue weighted by Crippen LogP contribution is -2.52. The van der Waals surface area contributed by atoms with E-state index in [0.717, 1.165) is 0 Å². The Labute approximate surface area is 227 Å². The number of ether oxygens (including phenoxy) is 2. The van der Waals surface area contributed by atoms with Crippen molar-refractivity contribution in [3.8, 4) is 5.75 Å². The monoisotopic (exact) mass is 582 g/mol. The van der Waals surface area contributed by atoms with Gasteiger partial charge in [0.05, 0.1) is 12.5 Å². The highest BCUT2D eigenvalue weighted by Crippen LogP contribution is 2.43. The van der Waals surface area contributed by atoms with E-state index in [1.807, 2.05) is 0 Å². The van der Waals surface area contributed by atoms with Gasteiger partial charge in [-0.25, -0.2) is 17.6 Å². The highest BCUT2D eigenvalue weighted by molar-refractivity contribution is 5.82. The Morgan fingerprint density at radius 1 is 1.05 bits per heavy atom. The first-order chi connectivity index (χ1) is 18.5. The van der Waals surface area contributed by atoms with E-state index in [1.165, 1.54) is 4.90 Å². The molecule has 0 spiro atoms. The number of alkyl halides is 2. The van der Waals surface area contributed by atoms with E-state index in [4.69, 9.17) is 9.47 Å². The molecule has 1 aromatic carbocycles. The number of likely N-dealkylation sites (tertiary alicyclic amines) is 1. The number of hydrogen-bond acceptors (Lipinski definition) is 6. The molecule has 1 unspecified atom stereocenters. The van der Waals surface area contributed by atoms with Gasteiger partial charge in [0.15, 0.2) is 17.4 Å². The summed E-state index contributed by atoms with van der Waals surface area (Å²) in [5, 5.41) is 13.1. The molecule has 1 aromatic rings. The zero-order valence-electron chi connectivity index (χ0n) is 22.2. The fraction of sp³-hybridized carbons (Fsp3) is 0.654. The molecule has 1 heterocycles. The first kappa shape index (κ1) is 31.5. The molecule has 14 heteroatoms. The Hall–Kier alpha value is -3.03. The molecular weight excluding hydrogens is 550 g/mol. The molecule has 8 nitrogen and oxygen atoms in total. The van der Waals surface area contributed by atoms with E-state index < -0.39 is 108 Å². The number of carbonyl (C=O) groups is 3. The van der Waals surface area contributed by atoms with E-state index in [-0.39, 0.29) is 32.0 Å². The summed E-state index contributed by atoms with van der Waals surface area (Å²) in [5.41, 5.74) is -0.914. The van der Waals surface area contributed by atoms with Gasteiger partial charge in [0.2, 0.25) is 29.4 Å². The number of benzene rings is 1. The number of halogens is 6. The maximum absolute atomic E-state index is 13.9. The fourth-order valence-electron chi connectivity index (χ4n) is 4.57. The number of esters is 1. The lowest BCUT2D eigenvalue weighted by molar-refractivity contribution is -0.161. The topological polar surface area (TPSA) is 105 Å². The van der Waals surface area contributed by atoms with Gasteiger partial charge in [-0.3, -0.25) is 14.4 Å². The quantitative estimate of drug-likeness (QED) is 0.263. The van der Waals surface area contributed by atoms with Gasteiger partial charge < -0.3 is 24.8 Å². The predicted octanol–water partition coefficient (Wildman–Crippen LogP) is 3.48. The van der Waals surface area contributed by atoms with E-state index in [0.29, 0.717) is 0 Å². The third-order valence-electron chi connectivity index (χ3n) is 6.69. The minimum Gasteiger partial charge on any atom is -0.485 e. The number of nitrogens with zero attached hydrogens (tertiary/aromatic N) is 1. The molecule has 1 aliphatic carbocycles. The van der Waals surface area contributed by atoms with E-state index >= 15 is 0 Å². The van der Waals surface area contributed by atoms with Crippen LogP contribution in [0.2, 0.25) is 0 Å². The van der Waals surface area contributed by atoms with Gasteiger partial charge in [-0.1, -0.05) is 0 Å². The van der Waals surface area contributed by atoms with Gasteiger partial charge in [0.25, 0.3) is 0 Å². The molecule has 1 aliphatic heterocycles. The van der Waals surface area contributed by atoms with Crippen molar-refractivity contribution in [3.05, 3.63) is 29.3 Å². The zero-order chi connectivity index (χ0) is 30.0. The Balaban J connectivity index is 1.63. The molecule has 0 aromatic heterocycles. The molecule has 1 saturated heterocycles. The minimum absolute atomic E-state index is 0.0141. The van der Waals surface area contributed by atoms with E-state index in [9.17, 15) is 45.8 Å². The Kier molecular flexibility index (Phi) is 9.63. The number of aliphatic hydroxyl groups excluding tert-OH is 1. The van der Waals surface area contributed by atoms with Crippen molar-refractivity contribution in [2.45, 2.75) is 76.5 Å². The van der Waals surface area contributed by atoms with Crippen LogP contribution in [-0.2, 0) is 19.1 Å². The molecular formula is C26H32F6N2O6. The second-order valence-electron chi connectivity index (χ2n) is 11.1. The van der Waals surface area contributed by atoms with Crippen LogP contribution in [0, 0.1) is 35.1 Å². The van der Waals surface area contributed by atoms with Crippen molar-refractivity contribution >= 4 is 17.8 Å². The van der Waals surface area contributed by atoms with Crippen molar-refractivity contribution < 1.29 is 55.3 Å². The predicted molar refractivity (Wildman–Crippen MR) is 127 cm³/mol. The Morgan fingerprint density at radius 2 is 1.60 bits per heavy atom. The van der Waals surface area contributed by atoms with Crippen LogP contribution < -0.4 is 10.1 Å². The number of carbonyl (C=O) groups excluding carboxylic acids is 3. The standard InChI is InChI=1S/C26H32F6N2O6/c1-25(2,3)40-19(36)9-17(18(35)12-39-22-20(29)15(27)8-16(28)21(22)30)33-23(37)13-4-6-34(7-5-13)24(38)14-10-26(31,32)11-14/h8,13-14,17-18,35H,4-7,9-12H2,1-3H3,(H,33,37)/t17-,18?/m0/s1. The summed E-state index contributed by atoms with van der Waals surface area (Å²) >= 11 is 0. The molecule has 0 bridgehead atoms. The smallest absolute Gasteiger partial charge is 0.308 e. The molecule has 1 saturated carbocycles. The second kappa shape index (κ2) is 12.2. The molecule has 2 amide bonds. The first-order valence-electron chi connectivity index (χ1n) is 12.8. The summed E-state index contributed by atoms with van der Waals surface area (Å²) in [4.78, 5) is 39.2. The van der Waals surface area contributed by atoms with Crippen LogP contribution in [-0.4, -0.2) is 71.2 Å². The van der Waals surface area contributed by atoms with Gasteiger partial charge in [0, 0.05) is 43.8 Å². The number of rotatable bonds is 9. The minimum atomic E-state index is -2.84. The zero-order valence-corrected chi connectivity index (χ0v) is 22.2. The number of hydrogen-bond donors (Lipinski definition) is 2. The summed E-state index contributed by atoms with van der Waals surface area (Å²) in [6.07, 6.45) is -2.99. The molecule has 2 aliphatic rings. The molecule has 2 atom stereocenters. The largest absolute Gasteiger partial charge is 0.485 e. The average molecular weight is 583 g/mol. The summed E-state index contributed by atoms with van der Waals surface area (Å²) in [6, 6.07) is -1.40. The molecule has 224 valence electrons. The Morgan fingerprint density at radius 3 is 2.10 bits per heavy atom. The van der Waals surface area contributed by atoms with Crippen molar-refractivity contribution in [1.29, 1.82) is 0 Å². The van der Waals surface area contributed by atoms with Gasteiger partial charge >= 0.3 is 5.97 Å². The van der Waals surface area contributed by atoms with Crippen molar-refractivity contribution in [3.63, 3.8) is 0 Å².